The Hall–Kier alpha value is -3.31. The predicted octanol–water partition coefficient (Wildman–Crippen LogP) is 6.92. The Morgan fingerprint density at radius 3 is 0.952 bits per heavy atom. The Bertz CT molecular complexity index is 1340. The minimum atomic E-state index is -0.757. The molecule has 0 amide bonds. The van der Waals surface area contributed by atoms with E-state index in [0.717, 1.165) is 42.4 Å². The fourth-order valence-electron chi connectivity index (χ4n) is 6.36. The second-order valence-corrected chi connectivity index (χ2v) is 14.2. The van der Waals surface area contributed by atoms with Gasteiger partial charge in [-0.2, -0.15) is 0 Å². The summed E-state index contributed by atoms with van der Waals surface area (Å²) in [5.41, 5.74) is 2.44. The molecule has 1 atom stereocenters. The molecule has 3 aromatic carbocycles. The first kappa shape index (κ1) is 53.0. The van der Waals surface area contributed by atoms with Crippen LogP contribution >= 0.6 is 0 Å². The van der Waals surface area contributed by atoms with E-state index in [9.17, 15) is 4.79 Å². The first-order chi connectivity index (χ1) is 30.7. The molecule has 3 rings (SSSR count). The average Bonchev–Trinajstić information content (AvgIpc) is 3.31. The molecular formula is C49H74O13. The van der Waals surface area contributed by atoms with E-state index >= 15 is 0 Å². The van der Waals surface area contributed by atoms with Crippen molar-refractivity contribution in [3.8, 4) is 0 Å². The fraction of sp³-hybridized carbons (Fsp3) is 0.612. The van der Waals surface area contributed by atoms with Crippen LogP contribution in [-0.4, -0.2) is 151 Å². The number of hydrogen-bond donors (Lipinski definition) is 0. The Morgan fingerprint density at radius 2 is 0.677 bits per heavy atom. The zero-order valence-corrected chi connectivity index (χ0v) is 37.4. The first-order valence-electron chi connectivity index (χ1n) is 22.5. The highest BCUT2D eigenvalue weighted by molar-refractivity contribution is 5.72. The molecule has 0 N–H and O–H groups in total. The van der Waals surface area contributed by atoms with Gasteiger partial charge < -0.3 is 56.8 Å². The van der Waals surface area contributed by atoms with Crippen LogP contribution in [0.1, 0.15) is 56.2 Å². The van der Waals surface area contributed by atoms with Crippen molar-refractivity contribution in [3.63, 3.8) is 0 Å². The van der Waals surface area contributed by atoms with E-state index in [-0.39, 0.29) is 18.5 Å². The number of ether oxygens (including phenoxy) is 12. The molecule has 13 nitrogen and oxygen atoms in total. The van der Waals surface area contributed by atoms with Gasteiger partial charge in [0.2, 0.25) is 0 Å². The van der Waals surface area contributed by atoms with Crippen molar-refractivity contribution in [2.24, 2.45) is 5.92 Å². The van der Waals surface area contributed by atoms with Crippen LogP contribution in [0.2, 0.25) is 0 Å². The SMILES string of the molecule is CCCCC(CC)C(=O)OCCOCCOCCOCCOCCOCCOCCOCCOCCOCCOCCOC(c1ccccc1)(c1ccccc1)c1ccccc1. The summed E-state index contributed by atoms with van der Waals surface area (Å²) < 4.78 is 67.8. The topological polar surface area (TPSA) is 128 Å². The van der Waals surface area contributed by atoms with Gasteiger partial charge in [0.05, 0.1) is 145 Å². The normalized spacial score (nSPS) is 12.2. The average molecular weight is 871 g/mol. The summed E-state index contributed by atoms with van der Waals surface area (Å²) in [6, 6.07) is 31.0. The molecule has 13 heteroatoms. The zero-order chi connectivity index (χ0) is 43.9. The number of benzene rings is 3. The van der Waals surface area contributed by atoms with Gasteiger partial charge in [-0.3, -0.25) is 4.79 Å². The lowest BCUT2D eigenvalue weighted by atomic mass is 9.80. The first-order valence-corrected chi connectivity index (χ1v) is 22.5. The van der Waals surface area contributed by atoms with E-state index < -0.39 is 5.60 Å². The molecule has 0 heterocycles. The maximum absolute atomic E-state index is 12.1. The molecule has 0 saturated heterocycles. The van der Waals surface area contributed by atoms with Crippen LogP contribution in [0.15, 0.2) is 91.0 Å². The zero-order valence-electron chi connectivity index (χ0n) is 37.4. The number of hydrogen-bond acceptors (Lipinski definition) is 13. The van der Waals surface area contributed by atoms with Crippen molar-refractivity contribution < 1.29 is 61.6 Å². The number of carbonyl (C=O) groups excluding carboxylic acids is 1. The molecular weight excluding hydrogens is 797 g/mol. The molecule has 348 valence electrons. The van der Waals surface area contributed by atoms with Gasteiger partial charge in [-0.15, -0.1) is 0 Å². The number of unbranched alkanes of at least 4 members (excludes halogenated alkanes) is 1. The van der Waals surface area contributed by atoms with Crippen molar-refractivity contribution in [2.45, 2.75) is 45.1 Å². The Balaban J connectivity index is 1.02. The maximum Gasteiger partial charge on any atom is 0.308 e. The molecule has 0 fully saturated rings. The van der Waals surface area contributed by atoms with Crippen molar-refractivity contribution >= 4 is 5.97 Å². The van der Waals surface area contributed by atoms with Gasteiger partial charge in [-0.25, -0.2) is 0 Å². The highest BCUT2D eigenvalue weighted by Gasteiger charge is 2.37. The van der Waals surface area contributed by atoms with Crippen molar-refractivity contribution in [1.82, 2.24) is 0 Å². The van der Waals surface area contributed by atoms with Crippen LogP contribution in [-0.2, 0) is 67.2 Å². The van der Waals surface area contributed by atoms with Crippen LogP contribution < -0.4 is 0 Å². The highest BCUT2D eigenvalue weighted by atomic mass is 16.6. The lowest BCUT2D eigenvalue weighted by molar-refractivity contribution is -0.150. The van der Waals surface area contributed by atoms with Gasteiger partial charge in [0.25, 0.3) is 0 Å². The summed E-state index contributed by atoms with van der Waals surface area (Å²) in [5, 5.41) is 0. The van der Waals surface area contributed by atoms with Gasteiger partial charge in [0.1, 0.15) is 12.2 Å². The van der Waals surface area contributed by atoms with Gasteiger partial charge >= 0.3 is 5.97 Å². The summed E-state index contributed by atoms with van der Waals surface area (Å²) in [7, 11) is 0. The summed E-state index contributed by atoms with van der Waals surface area (Å²) in [6.45, 7) is 14.3. The molecule has 0 radical (unpaired) electrons. The minimum Gasteiger partial charge on any atom is -0.463 e. The van der Waals surface area contributed by atoms with Gasteiger partial charge in [-0.1, -0.05) is 118 Å². The number of esters is 1. The monoisotopic (exact) mass is 871 g/mol. The third-order valence-corrected chi connectivity index (χ3v) is 9.64. The van der Waals surface area contributed by atoms with E-state index in [4.69, 9.17) is 56.8 Å². The molecule has 0 saturated carbocycles. The molecule has 62 heavy (non-hydrogen) atoms. The van der Waals surface area contributed by atoms with Gasteiger partial charge in [-0.05, 0) is 29.5 Å². The van der Waals surface area contributed by atoms with Crippen LogP contribution in [0.4, 0.5) is 0 Å². The van der Waals surface area contributed by atoms with Crippen LogP contribution in [0.3, 0.4) is 0 Å². The van der Waals surface area contributed by atoms with E-state index in [1.54, 1.807) is 0 Å². The van der Waals surface area contributed by atoms with Crippen LogP contribution in [0.25, 0.3) is 0 Å². The second kappa shape index (κ2) is 37.1. The second-order valence-electron chi connectivity index (χ2n) is 14.2. The van der Waals surface area contributed by atoms with E-state index in [0.29, 0.717) is 139 Å². The smallest absolute Gasteiger partial charge is 0.308 e. The van der Waals surface area contributed by atoms with Gasteiger partial charge in [0, 0.05) is 0 Å². The van der Waals surface area contributed by atoms with E-state index in [1.807, 2.05) is 61.5 Å². The largest absolute Gasteiger partial charge is 0.463 e. The minimum absolute atomic E-state index is 0.00862. The third kappa shape index (κ3) is 23.4. The van der Waals surface area contributed by atoms with Crippen molar-refractivity contribution in [2.75, 3.05) is 145 Å². The van der Waals surface area contributed by atoms with Crippen LogP contribution in [0, 0.1) is 5.92 Å². The Labute approximate surface area is 370 Å². The highest BCUT2D eigenvalue weighted by Crippen LogP contribution is 2.40. The number of carbonyl (C=O) groups is 1. The fourth-order valence-corrected chi connectivity index (χ4v) is 6.36. The maximum atomic E-state index is 12.1. The molecule has 0 bridgehead atoms. The summed E-state index contributed by atoms with van der Waals surface area (Å²) in [4.78, 5) is 12.1. The van der Waals surface area contributed by atoms with E-state index in [2.05, 4.69) is 43.3 Å². The molecule has 3 aromatic rings. The predicted molar refractivity (Wildman–Crippen MR) is 238 cm³/mol. The number of rotatable bonds is 42. The molecule has 0 aliphatic carbocycles. The lowest BCUT2D eigenvalue weighted by Gasteiger charge is -2.36. The van der Waals surface area contributed by atoms with E-state index in [1.165, 1.54) is 0 Å². The molecule has 0 aromatic heterocycles. The quantitative estimate of drug-likeness (QED) is 0.0333. The molecule has 0 aliphatic rings. The molecule has 0 spiro atoms. The van der Waals surface area contributed by atoms with Crippen molar-refractivity contribution in [1.29, 1.82) is 0 Å². The molecule has 0 aliphatic heterocycles. The summed E-state index contributed by atoms with van der Waals surface area (Å²) in [6.07, 6.45) is 3.82. The Kier molecular flexibility index (Phi) is 31.7. The van der Waals surface area contributed by atoms with Gasteiger partial charge in [0.15, 0.2) is 0 Å². The summed E-state index contributed by atoms with van der Waals surface area (Å²) >= 11 is 0. The van der Waals surface area contributed by atoms with Crippen molar-refractivity contribution in [3.05, 3.63) is 108 Å². The Morgan fingerprint density at radius 1 is 0.403 bits per heavy atom. The van der Waals surface area contributed by atoms with Crippen LogP contribution in [0.5, 0.6) is 0 Å². The molecule has 1 unspecified atom stereocenters. The standard InChI is InChI=1S/C49H74O13/c1-3-5-15-44(4-2)48(50)61-42-40-59-38-36-57-34-32-55-30-28-53-26-24-51-22-23-52-25-27-54-29-31-56-33-35-58-37-39-60-41-43-62-49(45-16-9-6-10-17-45,46-18-11-7-12-19-46)47-20-13-8-14-21-47/h6-14,16-21,44H,3-5,15,22-43H2,1-2H3. The third-order valence-electron chi connectivity index (χ3n) is 9.64. The lowest BCUT2D eigenvalue weighted by Crippen LogP contribution is -2.34. The summed E-state index contributed by atoms with van der Waals surface area (Å²) in [5.74, 6) is -0.131.